The van der Waals surface area contributed by atoms with Crippen LogP contribution in [0.4, 0.5) is 11.4 Å². The van der Waals surface area contributed by atoms with Gasteiger partial charge in [-0.2, -0.15) is 0 Å². The number of fused-ring (bicyclic) bond motifs is 6. The Bertz CT molecular complexity index is 3200. The lowest BCUT2D eigenvalue weighted by Gasteiger charge is -2.38. The number of piperidine rings is 3. The molecule has 0 unspecified atom stereocenters. The maximum absolute atomic E-state index is 13.0. The van der Waals surface area contributed by atoms with E-state index in [4.69, 9.17) is 31.4 Å². The highest BCUT2D eigenvalue weighted by atomic mass is 32.2. The highest BCUT2D eigenvalue weighted by Gasteiger charge is 2.46. The quantitative estimate of drug-likeness (QED) is 0.118. The predicted octanol–water partition coefficient (Wildman–Crippen LogP) is 8.99. The molecule has 3 fully saturated rings. The average Bonchev–Trinajstić information content (AvgIpc) is 4.18. The maximum atomic E-state index is 13.0. The topological polar surface area (TPSA) is 173 Å². The third kappa shape index (κ3) is 11.5. The predicted molar refractivity (Wildman–Crippen MR) is 320 cm³/mol. The van der Waals surface area contributed by atoms with Crippen LogP contribution in [0.3, 0.4) is 0 Å². The maximum Gasteiger partial charge on any atom is 0.253 e. The molecule has 0 aliphatic carbocycles. The van der Waals surface area contributed by atoms with Crippen LogP contribution in [-0.2, 0) is 35.9 Å². The Labute approximate surface area is 476 Å². The van der Waals surface area contributed by atoms with Crippen LogP contribution in [0.15, 0.2) is 132 Å². The zero-order valence-corrected chi connectivity index (χ0v) is 48.0. The molecule has 3 spiro atoms. The number of hydrogen-bond donors (Lipinski definition) is 3. The Morgan fingerprint density at radius 3 is 1.18 bits per heavy atom. The first-order chi connectivity index (χ1) is 38.7. The van der Waals surface area contributed by atoms with Crippen LogP contribution in [0.5, 0.6) is 17.2 Å². The van der Waals surface area contributed by atoms with E-state index in [-0.39, 0.29) is 34.0 Å². The SMILES string of the molecule is CN(C)c1ccc(C(=O)N2CCC3(CC2)COc2ccc(CN)cc23)cc1.CN(C)c1cccc(C(=O)N2CCC3(CC2)COc2ccc(CN)cc23)c1.CSc1cccc(C(=O)N2CCC3(CC2)COc2ccc(CN)cc23)c1. The standard InChI is InChI=1S/2C22H27N3O2.C21H24N2O2S/c1-24(2)18-6-4-17(5-7-18)21(26)25-11-9-22(10-12-25)15-27-20-8-3-16(14-23)13-19(20)22;1-24(2)18-5-3-4-17(13-18)21(26)25-10-8-22(9-11-25)15-27-20-7-6-16(14-23)12-19(20)22;1-26-17-4-2-3-16(12-17)20(24)23-9-7-21(8-10-23)14-25-19-6-5-15(13-22)11-18(19)21/h3-8,13H,9-12,14-15,23H2,1-2H3;3-7,12-13H,8-11,14-15,23H2,1-2H3;2-6,11-12H,7-10,13-14,22H2,1H3. The minimum absolute atomic E-state index is 0.0166. The molecule has 3 saturated heterocycles. The summed E-state index contributed by atoms with van der Waals surface area (Å²) in [6, 6.07) is 42.4. The van der Waals surface area contributed by atoms with Crippen molar-refractivity contribution in [2.45, 2.75) is 79.3 Å². The molecule has 0 atom stereocenters. The molecule has 0 aromatic heterocycles. The van der Waals surface area contributed by atoms with Crippen LogP contribution in [0.25, 0.3) is 0 Å². The summed E-state index contributed by atoms with van der Waals surface area (Å²) in [5.74, 6) is 3.30. The number of likely N-dealkylation sites (tertiary alicyclic amines) is 3. The Balaban J connectivity index is 0.000000135. The van der Waals surface area contributed by atoms with Gasteiger partial charge in [0.25, 0.3) is 17.7 Å². The van der Waals surface area contributed by atoms with Crippen molar-refractivity contribution in [2.24, 2.45) is 17.2 Å². The largest absolute Gasteiger partial charge is 0.492 e. The second kappa shape index (κ2) is 24.0. The molecular formula is C65H78N8O6S. The Hall–Kier alpha value is -7.04. The van der Waals surface area contributed by atoms with E-state index in [0.29, 0.717) is 39.5 Å². The number of carbonyl (C=O) groups is 3. The zero-order chi connectivity index (χ0) is 56.2. The van der Waals surface area contributed by atoms with Crippen molar-refractivity contribution in [2.75, 3.05) is 103 Å². The molecule has 0 radical (unpaired) electrons. The van der Waals surface area contributed by atoms with Crippen molar-refractivity contribution < 1.29 is 28.6 Å². The summed E-state index contributed by atoms with van der Waals surface area (Å²) in [7, 11) is 7.97. The van der Waals surface area contributed by atoms with E-state index in [2.05, 4.69) is 18.2 Å². The van der Waals surface area contributed by atoms with Crippen molar-refractivity contribution in [3.8, 4) is 17.2 Å². The minimum atomic E-state index is 0.0166. The minimum Gasteiger partial charge on any atom is -0.492 e. The lowest BCUT2D eigenvalue weighted by atomic mass is 9.74. The van der Waals surface area contributed by atoms with Crippen LogP contribution in [0.2, 0.25) is 0 Å². The number of benzene rings is 6. The average molecular weight is 1100 g/mol. The van der Waals surface area contributed by atoms with Crippen LogP contribution in [0.1, 0.15) is 103 Å². The van der Waals surface area contributed by atoms with Gasteiger partial charge in [0.2, 0.25) is 0 Å². The number of nitrogens with zero attached hydrogens (tertiary/aromatic N) is 5. The van der Waals surface area contributed by atoms with E-state index in [0.717, 1.165) is 145 Å². The molecule has 6 N–H and O–H groups in total. The molecule has 420 valence electrons. The van der Waals surface area contributed by atoms with Crippen molar-refractivity contribution in [3.63, 3.8) is 0 Å². The van der Waals surface area contributed by atoms with Gasteiger partial charge in [-0.15, -0.1) is 11.8 Å². The van der Waals surface area contributed by atoms with E-state index in [9.17, 15) is 14.4 Å². The van der Waals surface area contributed by atoms with Gasteiger partial charge in [-0.3, -0.25) is 14.4 Å². The molecule has 14 nitrogen and oxygen atoms in total. The summed E-state index contributed by atoms with van der Waals surface area (Å²) in [6.07, 6.45) is 7.59. The molecule has 6 heterocycles. The number of thioether (sulfide) groups is 1. The molecule has 80 heavy (non-hydrogen) atoms. The van der Waals surface area contributed by atoms with Gasteiger partial charge in [0.1, 0.15) is 17.2 Å². The Kier molecular flexibility index (Phi) is 16.8. The zero-order valence-electron chi connectivity index (χ0n) is 47.2. The summed E-state index contributed by atoms with van der Waals surface area (Å²) in [5, 5.41) is 0. The number of nitrogens with two attached hydrogens (primary N) is 3. The van der Waals surface area contributed by atoms with E-state index in [1.165, 1.54) is 16.7 Å². The van der Waals surface area contributed by atoms with Crippen molar-refractivity contribution in [1.82, 2.24) is 14.7 Å². The van der Waals surface area contributed by atoms with Gasteiger partial charge in [-0.05, 0) is 140 Å². The summed E-state index contributed by atoms with van der Waals surface area (Å²) in [5.41, 5.74) is 29.2. The number of amides is 3. The van der Waals surface area contributed by atoms with Gasteiger partial charge in [-0.25, -0.2) is 0 Å². The normalized spacial score (nSPS) is 17.6. The molecule has 6 aromatic rings. The third-order valence-corrected chi connectivity index (χ3v) is 18.4. The second-order valence-electron chi connectivity index (χ2n) is 22.8. The molecule has 6 aliphatic heterocycles. The monoisotopic (exact) mass is 1100 g/mol. The lowest BCUT2D eigenvalue weighted by molar-refractivity contribution is 0.0639. The van der Waals surface area contributed by atoms with E-state index >= 15 is 0 Å². The Morgan fingerprint density at radius 2 is 0.812 bits per heavy atom. The van der Waals surface area contributed by atoms with Crippen LogP contribution >= 0.6 is 11.8 Å². The number of anilines is 2. The van der Waals surface area contributed by atoms with Gasteiger partial charge < -0.3 is 55.9 Å². The van der Waals surface area contributed by atoms with Crippen LogP contribution in [-0.4, -0.2) is 126 Å². The number of rotatable bonds is 9. The summed E-state index contributed by atoms with van der Waals surface area (Å²) >= 11 is 1.66. The van der Waals surface area contributed by atoms with Gasteiger partial charge in [-0.1, -0.05) is 48.5 Å². The summed E-state index contributed by atoms with van der Waals surface area (Å²) in [4.78, 5) is 49.9. The van der Waals surface area contributed by atoms with Crippen LogP contribution < -0.4 is 41.2 Å². The molecule has 0 saturated carbocycles. The second-order valence-corrected chi connectivity index (χ2v) is 23.7. The van der Waals surface area contributed by atoms with Gasteiger partial charge in [0, 0.05) is 153 Å². The molecule has 3 amide bonds. The van der Waals surface area contributed by atoms with Gasteiger partial charge in [0.15, 0.2) is 0 Å². The highest BCUT2D eigenvalue weighted by Crippen LogP contribution is 2.49. The van der Waals surface area contributed by atoms with Crippen LogP contribution in [0, 0.1) is 0 Å². The number of hydrogen-bond acceptors (Lipinski definition) is 12. The fourth-order valence-corrected chi connectivity index (χ4v) is 12.9. The number of carbonyl (C=O) groups excluding carboxylic acids is 3. The molecule has 15 heteroatoms. The smallest absolute Gasteiger partial charge is 0.253 e. The first-order valence-electron chi connectivity index (χ1n) is 28.2. The number of ether oxygens (including phenoxy) is 3. The van der Waals surface area contributed by atoms with Crippen molar-refractivity contribution >= 4 is 40.9 Å². The summed E-state index contributed by atoms with van der Waals surface area (Å²) in [6.45, 7) is 8.27. The van der Waals surface area contributed by atoms with Gasteiger partial charge >= 0.3 is 0 Å². The van der Waals surface area contributed by atoms with Crippen molar-refractivity contribution in [1.29, 1.82) is 0 Å². The van der Waals surface area contributed by atoms with E-state index in [1.54, 1.807) is 11.8 Å². The molecule has 6 aromatic carbocycles. The third-order valence-electron chi connectivity index (χ3n) is 17.6. The first-order valence-corrected chi connectivity index (χ1v) is 29.4. The Morgan fingerprint density at radius 1 is 0.450 bits per heavy atom. The van der Waals surface area contributed by atoms with E-state index in [1.807, 2.05) is 168 Å². The van der Waals surface area contributed by atoms with Gasteiger partial charge in [0.05, 0.1) is 19.8 Å². The summed E-state index contributed by atoms with van der Waals surface area (Å²) < 4.78 is 17.9. The molecule has 0 bridgehead atoms. The molecule has 12 rings (SSSR count). The highest BCUT2D eigenvalue weighted by molar-refractivity contribution is 7.98. The lowest BCUT2D eigenvalue weighted by Crippen LogP contribution is -2.46. The molecular weight excluding hydrogens is 1020 g/mol. The first kappa shape index (κ1) is 56.2. The van der Waals surface area contributed by atoms with Crippen molar-refractivity contribution in [3.05, 3.63) is 177 Å². The molecule has 6 aliphatic rings. The van der Waals surface area contributed by atoms with E-state index < -0.39 is 0 Å². The fraction of sp³-hybridized carbons (Fsp3) is 0.400. The fourth-order valence-electron chi connectivity index (χ4n) is 12.4.